The lowest BCUT2D eigenvalue weighted by Gasteiger charge is -2.38. The van der Waals surface area contributed by atoms with Gasteiger partial charge in [-0.05, 0) is 37.8 Å². The number of rotatable bonds is 4. The predicted octanol–water partition coefficient (Wildman–Crippen LogP) is 2.29. The second-order valence-corrected chi connectivity index (χ2v) is 7.48. The fraction of sp³-hybridized carbons (Fsp3) is 0.400. The summed E-state index contributed by atoms with van der Waals surface area (Å²) in [5.74, 6) is 1.85. The maximum atomic E-state index is 12.8. The summed E-state index contributed by atoms with van der Waals surface area (Å²) in [4.78, 5) is 32.5. The fourth-order valence-electron chi connectivity index (χ4n) is 4.10. The molecule has 3 aromatic rings. The summed E-state index contributed by atoms with van der Waals surface area (Å²) in [6.07, 6.45) is 8.80. The number of nitrogens with zero attached hydrogens (tertiary/aromatic N) is 6. The number of ether oxygens (including phenoxy) is 1. The number of nitrogens with one attached hydrogen (secondary N) is 2. The second kappa shape index (κ2) is 7.79. The third-order valence-electron chi connectivity index (χ3n) is 5.72. The SMILES string of the molecule is COC1CCC(N2C(=O)CNc3ncc(-c4ccc(-c5ncn[nH]5)nc4)nc32)CC1.[HH]. The lowest BCUT2D eigenvalue weighted by molar-refractivity contribution is -0.118. The first-order chi connectivity index (χ1) is 14.7. The van der Waals surface area contributed by atoms with E-state index in [-0.39, 0.29) is 26.0 Å². The Balaban J connectivity index is 0.00000231. The number of aromatic amines is 1. The molecule has 0 atom stereocenters. The largest absolute Gasteiger partial charge is 0.381 e. The summed E-state index contributed by atoms with van der Waals surface area (Å²) < 4.78 is 5.48. The van der Waals surface area contributed by atoms with Crippen LogP contribution in [-0.4, -0.2) is 61.8 Å². The highest BCUT2D eigenvalue weighted by Gasteiger charge is 2.35. The molecule has 5 rings (SSSR count). The second-order valence-electron chi connectivity index (χ2n) is 7.48. The van der Waals surface area contributed by atoms with Gasteiger partial charge in [-0.2, -0.15) is 5.10 Å². The van der Waals surface area contributed by atoms with E-state index >= 15 is 0 Å². The van der Waals surface area contributed by atoms with E-state index in [9.17, 15) is 4.79 Å². The molecule has 0 bridgehead atoms. The number of hydrogen-bond donors (Lipinski definition) is 2. The van der Waals surface area contributed by atoms with Crippen LogP contribution in [0.25, 0.3) is 22.8 Å². The number of carbonyl (C=O) groups excluding carboxylic acids is 1. The summed E-state index contributed by atoms with van der Waals surface area (Å²) in [7, 11) is 1.75. The summed E-state index contributed by atoms with van der Waals surface area (Å²) >= 11 is 0. The molecule has 1 aliphatic heterocycles. The lowest BCUT2D eigenvalue weighted by Crippen LogP contribution is -2.49. The highest BCUT2D eigenvalue weighted by molar-refractivity contribution is 6.01. The Morgan fingerprint density at radius 1 is 1.10 bits per heavy atom. The number of pyridine rings is 1. The molecule has 0 unspecified atom stereocenters. The van der Waals surface area contributed by atoms with E-state index in [0.717, 1.165) is 31.2 Å². The topological polar surface area (TPSA) is 122 Å². The van der Waals surface area contributed by atoms with Crippen LogP contribution in [0.4, 0.5) is 11.6 Å². The molecule has 1 fully saturated rings. The Bertz CT molecular complexity index is 1040. The molecule has 2 aliphatic rings. The number of hydrogen-bond acceptors (Lipinski definition) is 8. The molecular weight excluding hydrogens is 384 g/mol. The number of fused-ring (bicyclic) bond motifs is 1. The monoisotopic (exact) mass is 408 g/mol. The van der Waals surface area contributed by atoms with Gasteiger partial charge in [-0.1, -0.05) is 0 Å². The van der Waals surface area contributed by atoms with Crippen LogP contribution in [0.3, 0.4) is 0 Å². The first-order valence-corrected chi connectivity index (χ1v) is 10.0. The van der Waals surface area contributed by atoms with Gasteiger partial charge in [-0.15, -0.1) is 0 Å². The summed E-state index contributed by atoms with van der Waals surface area (Å²) in [5, 5.41) is 9.72. The van der Waals surface area contributed by atoms with Crippen LogP contribution in [0.5, 0.6) is 0 Å². The minimum absolute atomic E-state index is 0. The average molecular weight is 408 g/mol. The molecule has 1 amide bonds. The maximum Gasteiger partial charge on any atom is 0.247 e. The molecule has 4 heterocycles. The van der Waals surface area contributed by atoms with E-state index < -0.39 is 0 Å². The van der Waals surface area contributed by atoms with Gasteiger partial charge in [0.15, 0.2) is 17.5 Å². The Labute approximate surface area is 174 Å². The van der Waals surface area contributed by atoms with Crippen LogP contribution in [-0.2, 0) is 9.53 Å². The van der Waals surface area contributed by atoms with Gasteiger partial charge in [0.05, 0.1) is 24.5 Å². The van der Waals surface area contributed by atoms with Crippen molar-refractivity contribution in [3.63, 3.8) is 0 Å². The summed E-state index contributed by atoms with van der Waals surface area (Å²) in [5.41, 5.74) is 2.17. The highest BCUT2D eigenvalue weighted by Crippen LogP contribution is 2.34. The van der Waals surface area contributed by atoms with Crippen molar-refractivity contribution in [1.82, 2.24) is 30.1 Å². The molecule has 3 aromatic heterocycles. The molecule has 1 saturated carbocycles. The standard InChI is InChI=1S/C20H22N8O2.H2/c1-30-14-5-3-13(4-6-14)28-17(29)10-23-19-20(28)26-16(9-22-19)12-2-7-15(21-8-12)18-24-11-25-27-18;/h2,7-9,11,13-14H,3-6,10H2,1H3,(H,22,23)(H,24,25,27);1H. The van der Waals surface area contributed by atoms with Crippen molar-refractivity contribution >= 4 is 17.5 Å². The van der Waals surface area contributed by atoms with Crippen molar-refractivity contribution < 1.29 is 11.0 Å². The maximum absolute atomic E-state index is 12.8. The number of methoxy groups -OCH3 is 1. The normalized spacial score (nSPS) is 21.2. The molecule has 1 aliphatic carbocycles. The third-order valence-corrected chi connectivity index (χ3v) is 5.72. The van der Waals surface area contributed by atoms with Crippen LogP contribution < -0.4 is 10.2 Å². The van der Waals surface area contributed by atoms with Crippen molar-refractivity contribution in [3.05, 3.63) is 30.9 Å². The number of H-pyrrole nitrogens is 1. The smallest absolute Gasteiger partial charge is 0.247 e. The number of amides is 1. The summed E-state index contributed by atoms with van der Waals surface area (Å²) in [6, 6.07) is 3.87. The van der Waals surface area contributed by atoms with Gasteiger partial charge in [0.2, 0.25) is 5.91 Å². The van der Waals surface area contributed by atoms with Gasteiger partial charge in [0, 0.05) is 26.3 Å². The molecule has 0 saturated heterocycles. The van der Waals surface area contributed by atoms with Crippen LogP contribution in [0.1, 0.15) is 27.1 Å². The predicted molar refractivity (Wildman–Crippen MR) is 112 cm³/mol. The van der Waals surface area contributed by atoms with Gasteiger partial charge in [-0.25, -0.2) is 15.0 Å². The fourth-order valence-corrected chi connectivity index (χ4v) is 4.10. The minimum atomic E-state index is 0. The quantitative estimate of drug-likeness (QED) is 0.674. The molecule has 0 radical (unpaired) electrons. The minimum Gasteiger partial charge on any atom is -0.381 e. The zero-order chi connectivity index (χ0) is 20.5. The molecule has 0 aromatic carbocycles. The van der Waals surface area contributed by atoms with Gasteiger partial charge in [-0.3, -0.25) is 19.8 Å². The van der Waals surface area contributed by atoms with Crippen LogP contribution >= 0.6 is 0 Å². The van der Waals surface area contributed by atoms with Gasteiger partial charge < -0.3 is 10.1 Å². The Morgan fingerprint density at radius 3 is 2.67 bits per heavy atom. The van der Waals surface area contributed by atoms with Crippen LogP contribution in [0, 0.1) is 0 Å². The van der Waals surface area contributed by atoms with Crippen molar-refractivity contribution in [2.24, 2.45) is 0 Å². The zero-order valence-corrected chi connectivity index (χ0v) is 16.6. The molecule has 10 heteroatoms. The third kappa shape index (κ3) is 3.39. The van der Waals surface area contributed by atoms with Crippen LogP contribution in [0.15, 0.2) is 30.9 Å². The van der Waals surface area contributed by atoms with Gasteiger partial charge in [0.25, 0.3) is 0 Å². The number of aromatic nitrogens is 6. The molecule has 30 heavy (non-hydrogen) atoms. The van der Waals surface area contributed by atoms with E-state index in [0.29, 0.717) is 28.8 Å². The van der Waals surface area contributed by atoms with E-state index in [4.69, 9.17) is 9.72 Å². The van der Waals surface area contributed by atoms with Gasteiger partial charge >= 0.3 is 0 Å². The average Bonchev–Trinajstić information content (AvgIpc) is 3.34. The molecule has 2 N–H and O–H groups in total. The summed E-state index contributed by atoms with van der Waals surface area (Å²) in [6.45, 7) is 0.235. The van der Waals surface area contributed by atoms with Crippen LogP contribution in [0.2, 0.25) is 0 Å². The molecule has 156 valence electrons. The van der Waals surface area contributed by atoms with Gasteiger partial charge in [0.1, 0.15) is 12.0 Å². The highest BCUT2D eigenvalue weighted by atomic mass is 16.5. The Kier molecular flexibility index (Phi) is 4.83. The first-order valence-electron chi connectivity index (χ1n) is 10.0. The molecule has 10 nitrogen and oxygen atoms in total. The van der Waals surface area contributed by atoms with E-state index in [1.165, 1.54) is 6.33 Å². The van der Waals surface area contributed by atoms with E-state index in [2.05, 4.69) is 30.5 Å². The lowest BCUT2D eigenvalue weighted by atomic mass is 9.91. The Morgan fingerprint density at radius 2 is 1.97 bits per heavy atom. The first kappa shape index (κ1) is 18.6. The van der Waals surface area contributed by atoms with Crippen molar-refractivity contribution in [2.45, 2.75) is 37.8 Å². The van der Waals surface area contributed by atoms with Crippen molar-refractivity contribution in [1.29, 1.82) is 0 Å². The Hall–Kier alpha value is -3.40. The van der Waals surface area contributed by atoms with Crippen molar-refractivity contribution in [2.75, 3.05) is 23.9 Å². The van der Waals surface area contributed by atoms with E-state index in [1.54, 1.807) is 19.5 Å². The molecule has 0 spiro atoms. The zero-order valence-electron chi connectivity index (χ0n) is 16.6. The van der Waals surface area contributed by atoms with E-state index in [1.807, 2.05) is 17.0 Å². The number of carbonyl (C=O) groups is 1. The number of anilines is 2. The van der Waals surface area contributed by atoms with Crippen molar-refractivity contribution in [3.8, 4) is 22.8 Å². The molecular formula is C20H24N8O2.